The van der Waals surface area contributed by atoms with Crippen LogP contribution in [0.4, 0.5) is 5.69 Å². The number of benzene rings is 2. The Kier molecular flexibility index (Phi) is 4.79. The zero-order valence-corrected chi connectivity index (χ0v) is 13.6. The maximum atomic E-state index is 12.4. The van der Waals surface area contributed by atoms with Gasteiger partial charge >= 0.3 is 5.97 Å². The van der Waals surface area contributed by atoms with Gasteiger partial charge in [0.1, 0.15) is 0 Å². The molecule has 0 spiro atoms. The van der Waals surface area contributed by atoms with Crippen molar-refractivity contribution in [3.63, 3.8) is 0 Å². The Labute approximate surface area is 141 Å². The lowest BCUT2D eigenvalue weighted by Crippen LogP contribution is -2.39. The first-order chi connectivity index (χ1) is 11.7. The van der Waals surface area contributed by atoms with Crippen molar-refractivity contribution in [1.82, 2.24) is 4.90 Å². The molecule has 124 valence electrons. The minimum absolute atomic E-state index is 0.0491. The van der Waals surface area contributed by atoms with Gasteiger partial charge in [0, 0.05) is 18.8 Å². The van der Waals surface area contributed by atoms with Crippen LogP contribution in [0.25, 0.3) is 0 Å². The van der Waals surface area contributed by atoms with Crippen molar-refractivity contribution in [2.75, 3.05) is 25.5 Å². The number of rotatable bonds is 4. The summed E-state index contributed by atoms with van der Waals surface area (Å²) in [6, 6.07) is 15.2. The third-order valence-electron chi connectivity index (χ3n) is 4.21. The van der Waals surface area contributed by atoms with Crippen molar-refractivity contribution in [3.8, 4) is 0 Å². The number of carbonyl (C=O) groups excluding carboxylic acids is 2. The van der Waals surface area contributed by atoms with Gasteiger partial charge in [-0.25, -0.2) is 4.79 Å². The molecule has 0 aromatic heterocycles. The van der Waals surface area contributed by atoms with Crippen LogP contribution < -0.4 is 5.32 Å². The lowest BCUT2D eigenvalue weighted by molar-refractivity contribution is -0.130. The fourth-order valence-electron chi connectivity index (χ4n) is 2.87. The SMILES string of the molecule is COC(=O)c1cccc(NCC(=O)N2CCc3ccccc3C2)c1. The zero-order valence-electron chi connectivity index (χ0n) is 13.6. The van der Waals surface area contributed by atoms with E-state index in [1.54, 1.807) is 18.2 Å². The molecule has 1 N–H and O–H groups in total. The van der Waals surface area contributed by atoms with Gasteiger partial charge in [-0.15, -0.1) is 0 Å². The van der Waals surface area contributed by atoms with Gasteiger partial charge < -0.3 is 15.0 Å². The third kappa shape index (κ3) is 3.56. The van der Waals surface area contributed by atoms with Gasteiger partial charge in [-0.2, -0.15) is 0 Å². The van der Waals surface area contributed by atoms with Crippen LogP contribution >= 0.6 is 0 Å². The molecule has 0 saturated heterocycles. The fourth-order valence-corrected chi connectivity index (χ4v) is 2.87. The number of fused-ring (bicyclic) bond motifs is 1. The average molecular weight is 324 g/mol. The molecule has 0 atom stereocenters. The molecule has 5 nitrogen and oxygen atoms in total. The number of nitrogens with one attached hydrogen (secondary N) is 1. The summed E-state index contributed by atoms with van der Waals surface area (Å²) in [5.41, 5.74) is 3.72. The molecule has 0 bridgehead atoms. The molecule has 3 rings (SSSR count). The molecule has 1 aliphatic heterocycles. The Morgan fingerprint density at radius 2 is 1.92 bits per heavy atom. The number of esters is 1. The topological polar surface area (TPSA) is 58.6 Å². The largest absolute Gasteiger partial charge is 0.465 e. The maximum absolute atomic E-state index is 12.4. The molecular weight excluding hydrogens is 304 g/mol. The average Bonchev–Trinajstić information content (AvgIpc) is 2.65. The van der Waals surface area contributed by atoms with Crippen LogP contribution in [0.1, 0.15) is 21.5 Å². The van der Waals surface area contributed by atoms with E-state index in [1.165, 1.54) is 18.2 Å². The van der Waals surface area contributed by atoms with E-state index in [9.17, 15) is 9.59 Å². The number of anilines is 1. The molecule has 24 heavy (non-hydrogen) atoms. The van der Waals surface area contributed by atoms with E-state index in [2.05, 4.69) is 17.4 Å². The van der Waals surface area contributed by atoms with Crippen LogP contribution in [0.3, 0.4) is 0 Å². The lowest BCUT2D eigenvalue weighted by atomic mass is 10.00. The number of nitrogens with zero attached hydrogens (tertiary/aromatic N) is 1. The quantitative estimate of drug-likeness (QED) is 0.878. The van der Waals surface area contributed by atoms with E-state index in [1.807, 2.05) is 23.1 Å². The first kappa shape index (κ1) is 16.1. The van der Waals surface area contributed by atoms with Crippen LogP contribution in [0.2, 0.25) is 0 Å². The molecule has 2 aromatic rings. The highest BCUT2D eigenvalue weighted by molar-refractivity contribution is 5.90. The Balaban J connectivity index is 1.59. The van der Waals surface area contributed by atoms with E-state index >= 15 is 0 Å². The summed E-state index contributed by atoms with van der Waals surface area (Å²) in [7, 11) is 1.35. The summed E-state index contributed by atoms with van der Waals surface area (Å²) >= 11 is 0. The lowest BCUT2D eigenvalue weighted by Gasteiger charge is -2.29. The number of methoxy groups -OCH3 is 1. The van der Waals surface area contributed by atoms with Crippen LogP contribution in [0.5, 0.6) is 0 Å². The van der Waals surface area contributed by atoms with Crippen molar-refractivity contribution in [2.45, 2.75) is 13.0 Å². The molecule has 1 heterocycles. The Morgan fingerprint density at radius 1 is 1.12 bits per heavy atom. The summed E-state index contributed by atoms with van der Waals surface area (Å²) in [5, 5.41) is 3.09. The first-order valence-electron chi connectivity index (χ1n) is 7.94. The van der Waals surface area contributed by atoms with E-state index in [-0.39, 0.29) is 12.5 Å². The monoisotopic (exact) mass is 324 g/mol. The number of ether oxygens (including phenoxy) is 1. The summed E-state index contributed by atoms with van der Waals surface area (Å²) < 4.78 is 4.70. The third-order valence-corrected chi connectivity index (χ3v) is 4.21. The highest BCUT2D eigenvalue weighted by Crippen LogP contribution is 2.18. The minimum Gasteiger partial charge on any atom is -0.465 e. The van der Waals surface area contributed by atoms with E-state index < -0.39 is 5.97 Å². The van der Waals surface area contributed by atoms with Gasteiger partial charge in [-0.3, -0.25) is 4.79 Å². The van der Waals surface area contributed by atoms with Crippen molar-refractivity contribution in [3.05, 3.63) is 65.2 Å². The summed E-state index contributed by atoms with van der Waals surface area (Å²) in [5.74, 6) is -0.342. The van der Waals surface area contributed by atoms with Crippen molar-refractivity contribution < 1.29 is 14.3 Å². The molecule has 5 heteroatoms. The first-order valence-corrected chi connectivity index (χ1v) is 7.94. The highest BCUT2D eigenvalue weighted by atomic mass is 16.5. The fraction of sp³-hybridized carbons (Fsp3) is 0.263. The molecule has 0 unspecified atom stereocenters. The second-order valence-electron chi connectivity index (χ2n) is 5.76. The van der Waals surface area contributed by atoms with Crippen molar-refractivity contribution >= 4 is 17.6 Å². The molecule has 0 saturated carbocycles. The van der Waals surface area contributed by atoms with Crippen LogP contribution in [0.15, 0.2) is 48.5 Å². The summed E-state index contributed by atoms with van der Waals surface area (Å²) in [6.45, 7) is 1.59. The predicted octanol–water partition coefficient (Wildman–Crippen LogP) is 2.47. The molecule has 0 radical (unpaired) electrons. The van der Waals surface area contributed by atoms with Gasteiger partial charge in [0.2, 0.25) is 5.91 Å². The molecule has 0 aliphatic carbocycles. The molecule has 2 aromatic carbocycles. The van der Waals surface area contributed by atoms with Crippen molar-refractivity contribution in [2.24, 2.45) is 0 Å². The Bertz CT molecular complexity index is 758. The summed E-state index contributed by atoms with van der Waals surface area (Å²) in [4.78, 5) is 25.8. The smallest absolute Gasteiger partial charge is 0.337 e. The Morgan fingerprint density at radius 3 is 2.71 bits per heavy atom. The highest BCUT2D eigenvalue weighted by Gasteiger charge is 2.20. The van der Waals surface area contributed by atoms with Crippen molar-refractivity contribution in [1.29, 1.82) is 0 Å². The second-order valence-corrected chi connectivity index (χ2v) is 5.76. The van der Waals surface area contributed by atoms with Gasteiger partial charge in [0.25, 0.3) is 0 Å². The van der Waals surface area contributed by atoms with Crippen LogP contribution in [-0.4, -0.2) is 37.0 Å². The Hall–Kier alpha value is -2.82. The molecule has 0 fully saturated rings. The van der Waals surface area contributed by atoms with E-state index in [0.29, 0.717) is 12.1 Å². The maximum Gasteiger partial charge on any atom is 0.337 e. The van der Waals surface area contributed by atoms with Gasteiger partial charge in [-0.05, 0) is 35.7 Å². The number of amides is 1. The van der Waals surface area contributed by atoms with E-state index in [0.717, 1.165) is 18.7 Å². The number of carbonyl (C=O) groups is 2. The van der Waals surface area contributed by atoms with Gasteiger partial charge in [0.05, 0.1) is 19.2 Å². The standard InChI is InChI=1S/C19H20N2O3/c1-24-19(23)15-7-4-8-17(11-15)20-12-18(22)21-10-9-14-5-2-3-6-16(14)13-21/h2-8,11,20H,9-10,12-13H2,1H3. The second kappa shape index (κ2) is 7.17. The zero-order chi connectivity index (χ0) is 16.9. The normalized spacial score (nSPS) is 13.1. The number of hydrogen-bond donors (Lipinski definition) is 1. The van der Waals surface area contributed by atoms with Crippen LogP contribution in [-0.2, 0) is 22.5 Å². The predicted molar refractivity (Wildman–Crippen MR) is 91.8 cm³/mol. The molecule has 1 aliphatic rings. The van der Waals surface area contributed by atoms with Crippen LogP contribution in [0, 0.1) is 0 Å². The van der Waals surface area contributed by atoms with E-state index in [4.69, 9.17) is 4.74 Å². The minimum atomic E-state index is -0.391. The van der Waals surface area contributed by atoms with Gasteiger partial charge in [0.15, 0.2) is 0 Å². The molecule has 1 amide bonds. The molecular formula is C19H20N2O3. The number of hydrogen-bond acceptors (Lipinski definition) is 4. The summed E-state index contributed by atoms with van der Waals surface area (Å²) in [6.07, 6.45) is 0.889. The van der Waals surface area contributed by atoms with Gasteiger partial charge in [-0.1, -0.05) is 30.3 Å².